The summed E-state index contributed by atoms with van der Waals surface area (Å²) in [4.78, 5) is 29.0. The number of fused-ring (bicyclic) bond motifs is 2. The lowest BCUT2D eigenvalue weighted by atomic mass is 9.84. The van der Waals surface area contributed by atoms with Gasteiger partial charge in [0.05, 0.1) is 11.2 Å². The molecule has 2 aliphatic heterocycles. The molecular weight excluding hydrogens is 466 g/mol. The van der Waals surface area contributed by atoms with Crippen LogP contribution in [0, 0.1) is 11.8 Å². The average molecular weight is 504 g/mol. The maximum Gasteiger partial charge on any atom is 0.252 e. The third kappa shape index (κ3) is 5.14. The summed E-state index contributed by atoms with van der Waals surface area (Å²) < 4.78 is 0. The molecule has 1 N–H and O–H groups in total. The summed E-state index contributed by atoms with van der Waals surface area (Å²) >= 11 is 1.94. The molecule has 1 unspecified atom stereocenters. The first-order chi connectivity index (χ1) is 17.6. The SMILES string of the molecule is CC1CCN(c2nc3c(s2)CCN(CCC2CCC(NC(=O)c4cccc5ncccc45)CC2)C3)C1. The quantitative estimate of drug-likeness (QED) is 0.496. The van der Waals surface area contributed by atoms with Gasteiger partial charge in [0, 0.05) is 54.2 Å². The number of hydrogen-bond donors (Lipinski definition) is 1. The highest BCUT2D eigenvalue weighted by molar-refractivity contribution is 7.15. The summed E-state index contributed by atoms with van der Waals surface area (Å²) in [6.07, 6.45) is 10.0. The summed E-state index contributed by atoms with van der Waals surface area (Å²) in [5.41, 5.74) is 2.94. The zero-order valence-electron chi connectivity index (χ0n) is 21.3. The molecule has 0 bridgehead atoms. The molecule has 0 radical (unpaired) electrons. The topological polar surface area (TPSA) is 61.4 Å². The van der Waals surface area contributed by atoms with Gasteiger partial charge >= 0.3 is 0 Å². The second-order valence-corrected chi connectivity index (χ2v) is 12.1. The number of anilines is 1. The van der Waals surface area contributed by atoms with Crippen LogP contribution in [0.5, 0.6) is 0 Å². The molecule has 6 nitrogen and oxygen atoms in total. The molecule has 36 heavy (non-hydrogen) atoms. The monoisotopic (exact) mass is 503 g/mol. The molecule has 1 saturated carbocycles. The Kier molecular flexibility index (Phi) is 6.94. The highest BCUT2D eigenvalue weighted by Crippen LogP contribution is 2.34. The van der Waals surface area contributed by atoms with Crippen molar-refractivity contribution in [2.24, 2.45) is 11.8 Å². The second-order valence-electron chi connectivity index (χ2n) is 11.1. The summed E-state index contributed by atoms with van der Waals surface area (Å²) in [5, 5.41) is 5.49. The zero-order valence-corrected chi connectivity index (χ0v) is 22.1. The van der Waals surface area contributed by atoms with Crippen LogP contribution in [0.1, 0.15) is 66.4 Å². The van der Waals surface area contributed by atoms with Gasteiger partial charge in [0.25, 0.3) is 5.91 Å². The fourth-order valence-corrected chi connectivity index (χ4v) is 7.29. The van der Waals surface area contributed by atoms with E-state index in [-0.39, 0.29) is 11.9 Å². The highest BCUT2D eigenvalue weighted by Gasteiger charge is 2.27. The smallest absolute Gasteiger partial charge is 0.252 e. The van der Waals surface area contributed by atoms with Gasteiger partial charge in [0.15, 0.2) is 5.13 Å². The Labute approximate surface area is 218 Å². The first kappa shape index (κ1) is 23.9. The van der Waals surface area contributed by atoms with Crippen LogP contribution < -0.4 is 10.2 Å². The van der Waals surface area contributed by atoms with E-state index in [4.69, 9.17) is 4.98 Å². The standard InChI is InChI=1S/C29H37N5OS/c1-20-11-17-34(18-20)29-32-26-19-33(16-13-27(26)36-29)15-12-21-7-9-22(10-8-21)31-28(35)24-4-2-6-25-23(24)5-3-14-30-25/h2-6,14,20-22H,7-13,15-19H2,1H3,(H,31,35). The Hall–Kier alpha value is -2.51. The van der Waals surface area contributed by atoms with Crippen LogP contribution in [0.3, 0.4) is 0 Å². The molecule has 6 rings (SSSR count). The van der Waals surface area contributed by atoms with Gasteiger partial charge in [-0.05, 0) is 81.5 Å². The lowest BCUT2D eigenvalue weighted by Crippen LogP contribution is -2.38. The van der Waals surface area contributed by atoms with E-state index in [0.717, 1.165) is 67.2 Å². The first-order valence-electron chi connectivity index (χ1n) is 13.7. The van der Waals surface area contributed by atoms with Crippen LogP contribution in [0.25, 0.3) is 10.9 Å². The van der Waals surface area contributed by atoms with Crippen molar-refractivity contribution in [3.63, 3.8) is 0 Å². The molecule has 7 heteroatoms. The van der Waals surface area contributed by atoms with Crippen molar-refractivity contribution >= 4 is 33.3 Å². The van der Waals surface area contributed by atoms with Gasteiger partial charge in [0.1, 0.15) is 0 Å². The number of nitrogens with zero attached hydrogens (tertiary/aromatic N) is 4. The van der Waals surface area contributed by atoms with Crippen LogP contribution in [0.4, 0.5) is 5.13 Å². The van der Waals surface area contributed by atoms with E-state index in [1.807, 2.05) is 41.7 Å². The molecular formula is C29H37N5OS. The predicted molar refractivity (Wildman–Crippen MR) is 147 cm³/mol. The van der Waals surface area contributed by atoms with E-state index < -0.39 is 0 Å². The van der Waals surface area contributed by atoms with E-state index >= 15 is 0 Å². The predicted octanol–water partition coefficient (Wildman–Crippen LogP) is 5.27. The number of nitrogens with one attached hydrogen (secondary N) is 1. The van der Waals surface area contributed by atoms with Crippen LogP contribution in [0.15, 0.2) is 36.5 Å². The van der Waals surface area contributed by atoms with Gasteiger partial charge in [-0.1, -0.05) is 19.1 Å². The largest absolute Gasteiger partial charge is 0.349 e. The molecule has 3 aromatic rings. The Morgan fingerprint density at radius 1 is 1.11 bits per heavy atom. The first-order valence-corrected chi connectivity index (χ1v) is 14.5. The molecule has 1 aliphatic carbocycles. The van der Waals surface area contributed by atoms with Crippen LogP contribution >= 0.6 is 11.3 Å². The molecule has 0 spiro atoms. The number of carbonyl (C=O) groups is 1. The lowest BCUT2D eigenvalue weighted by Gasteiger charge is -2.32. The molecule has 4 heterocycles. The van der Waals surface area contributed by atoms with Gasteiger partial charge in [0.2, 0.25) is 0 Å². The third-order valence-corrected chi connectivity index (χ3v) is 9.63. The normalized spacial score (nSPS) is 24.7. The van der Waals surface area contributed by atoms with Crippen molar-refractivity contribution < 1.29 is 4.79 Å². The number of carbonyl (C=O) groups excluding carboxylic acids is 1. The van der Waals surface area contributed by atoms with Crippen molar-refractivity contribution in [2.45, 2.75) is 64.5 Å². The molecule has 1 atom stereocenters. The highest BCUT2D eigenvalue weighted by atomic mass is 32.1. The van der Waals surface area contributed by atoms with Gasteiger partial charge in [-0.25, -0.2) is 4.98 Å². The molecule has 1 amide bonds. The molecule has 3 aliphatic rings. The number of amides is 1. The molecule has 2 aromatic heterocycles. The molecule has 1 saturated heterocycles. The Morgan fingerprint density at radius 3 is 2.83 bits per heavy atom. The summed E-state index contributed by atoms with van der Waals surface area (Å²) in [5.74, 6) is 1.59. The van der Waals surface area contributed by atoms with Gasteiger partial charge < -0.3 is 10.2 Å². The number of hydrogen-bond acceptors (Lipinski definition) is 6. The zero-order chi connectivity index (χ0) is 24.5. The third-order valence-electron chi connectivity index (χ3n) is 8.42. The van der Waals surface area contributed by atoms with E-state index in [1.165, 1.54) is 54.5 Å². The summed E-state index contributed by atoms with van der Waals surface area (Å²) in [6.45, 7) is 8.02. The van der Waals surface area contributed by atoms with Crippen molar-refractivity contribution in [1.29, 1.82) is 0 Å². The van der Waals surface area contributed by atoms with Crippen molar-refractivity contribution in [3.05, 3.63) is 52.7 Å². The minimum atomic E-state index is 0.0344. The second kappa shape index (κ2) is 10.5. The minimum Gasteiger partial charge on any atom is -0.349 e. The number of thiazole rings is 1. The number of pyridine rings is 1. The Balaban J connectivity index is 0.964. The lowest BCUT2D eigenvalue weighted by molar-refractivity contribution is 0.0921. The van der Waals surface area contributed by atoms with Gasteiger partial charge in [-0.15, -0.1) is 11.3 Å². The minimum absolute atomic E-state index is 0.0344. The van der Waals surface area contributed by atoms with Crippen molar-refractivity contribution in [1.82, 2.24) is 20.2 Å². The number of benzene rings is 1. The van der Waals surface area contributed by atoms with Crippen molar-refractivity contribution in [2.75, 3.05) is 31.1 Å². The fourth-order valence-electron chi connectivity index (χ4n) is 6.20. The number of rotatable bonds is 6. The fraction of sp³-hybridized carbons (Fsp3) is 0.552. The summed E-state index contributed by atoms with van der Waals surface area (Å²) in [7, 11) is 0. The van der Waals surface area contributed by atoms with Crippen molar-refractivity contribution in [3.8, 4) is 0 Å². The van der Waals surface area contributed by atoms with E-state index in [0.29, 0.717) is 0 Å². The Bertz CT molecular complexity index is 1210. The maximum absolute atomic E-state index is 13.0. The average Bonchev–Trinajstić information content (AvgIpc) is 3.53. The molecule has 190 valence electrons. The van der Waals surface area contributed by atoms with Gasteiger partial charge in [-0.3, -0.25) is 14.7 Å². The van der Waals surface area contributed by atoms with Crippen LogP contribution in [-0.4, -0.2) is 53.0 Å². The molecule has 1 aromatic carbocycles. The Morgan fingerprint density at radius 2 is 2.00 bits per heavy atom. The van der Waals surface area contributed by atoms with E-state index in [2.05, 4.69) is 27.0 Å². The summed E-state index contributed by atoms with van der Waals surface area (Å²) in [6, 6.07) is 9.95. The maximum atomic E-state index is 13.0. The van der Waals surface area contributed by atoms with E-state index in [9.17, 15) is 4.79 Å². The van der Waals surface area contributed by atoms with Gasteiger partial charge in [-0.2, -0.15) is 0 Å². The van der Waals surface area contributed by atoms with Crippen LogP contribution in [0.2, 0.25) is 0 Å². The number of aromatic nitrogens is 2. The van der Waals surface area contributed by atoms with Crippen LogP contribution in [-0.2, 0) is 13.0 Å². The van der Waals surface area contributed by atoms with E-state index in [1.54, 1.807) is 6.20 Å². The molecule has 2 fully saturated rings.